The van der Waals surface area contributed by atoms with Gasteiger partial charge in [0.15, 0.2) is 0 Å². The monoisotopic (exact) mass is 424 g/mol. The van der Waals surface area contributed by atoms with Crippen LogP contribution >= 0.6 is 0 Å². The number of para-hydroxylation sites is 1. The van der Waals surface area contributed by atoms with Crippen molar-refractivity contribution in [1.82, 2.24) is 19.8 Å². The van der Waals surface area contributed by atoms with Gasteiger partial charge in [0.2, 0.25) is 5.91 Å². The van der Waals surface area contributed by atoms with Crippen LogP contribution in [0.15, 0.2) is 36.8 Å². The second-order valence-corrected chi connectivity index (χ2v) is 9.00. The number of ether oxygens (including phenoxy) is 1. The van der Waals surface area contributed by atoms with Gasteiger partial charge in [0.1, 0.15) is 18.1 Å². The van der Waals surface area contributed by atoms with Crippen molar-refractivity contribution in [2.75, 3.05) is 19.7 Å². The van der Waals surface area contributed by atoms with Crippen molar-refractivity contribution in [3.05, 3.63) is 48.0 Å². The van der Waals surface area contributed by atoms with Crippen LogP contribution in [0.2, 0.25) is 0 Å². The third kappa shape index (κ3) is 4.75. The van der Waals surface area contributed by atoms with Crippen LogP contribution in [0.1, 0.15) is 55.1 Å². The van der Waals surface area contributed by atoms with Gasteiger partial charge in [0.25, 0.3) is 5.91 Å². The van der Waals surface area contributed by atoms with E-state index >= 15 is 0 Å². The van der Waals surface area contributed by atoms with E-state index < -0.39 is 5.41 Å². The number of aryl methyl sites for hydroxylation is 2. The molecule has 4 rings (SSSR count). The van der Waals surface area contributed by atoms with E-state index in [0.717, 1.165) is 31.4 Å². The number of amides is 2. The Morgan fingerprint density at radius 3 is 2.71 bits per heavy atom. The van der Waals surface area contributed by atoms with Gasteiger partial charge in [-0.15, -0.1) is 0 Å². The maximum atomic E-state index is 13.3. The zero-order chi connectivity index (χ0) is 21.8. The first-order chi connectivity index (χ1) is 15.0. The molecule has 1 N–H and O–H groups in total. The zero-order valence-electron chi connectivity index (χ0n) is 18.5. The minimum atomic E-state index is -0.423. The van der Waals surface area contributed by atoms with Gasteiger partial charge in [-0.25, -0.2) is 4.98 Å². The van der Waals surface area contributed by atoms with Gasteiger partial charge in [-0.2, -0.15) is 0 Å². The van der Waals surface area contributed by atoms with E-state index in [1.165, 1.54) is 5.56 Å². The van der Waals surface area contributed by atoms with Gasteiger partial charge in [-0.05, 0) is 50.7 Å². The molecular formula is C24H32N4O3. The van der Waals surface area contributed by atoms with Gasteiger partial charge in [0, 0.05) is 26.3 Å². The molecule has 1 atom stereocenters. The maximum absolute atomic E-state index is 13.3. The highest BCUT2D eigenvalue weighted by Gasteiger charge is 2.42. The average molecular weight is 425 g/mol. The molecule has 0 unspecified atom stereocenters. The van der Waals surface area contributed by atoms with Crippen LogP contribution in [-0.2, 0) is 18.3 Å². The van der Waals surface area contributed by atoms with E-state index in [1.807, 2.05) is 31.0 Å². The fraction of sp³-hybridized carbons (Fsp3) is 0.542. The summed E-state index contributed by atoms with van der Waals surface area (Å²) in [6.07, 6.45) is 8.54. The van der Waals surface area contributed by atoms with Gasteiger partial charge < -0.3 is 19.5 Å². The quantitative estimate of drug-likeness (QED) is 0.764. The molecular weight excluding hydrogens is 392 g/mol. The molecule has 0 saturated carbocycles. The predicted octanol–water partition coefficient (Wildman–Crippen LogP) is 2.95. The van der Waals surface area contributed by atoms with E-state index in [2.05, 4.69) is 22.4 Å². The van der Waals surface area contributed by atoms with Crippen LogP contribution in [0.4, 0.5) is 0 Å². The van der Waals surface area contributed by atoms with Gasteiger partial charge >= 0.3 is 0 Å². The van der Waals surface area contributed by atoms with E-state index in [4.69, 9.17) is 4.74 Å². The highest BCUT2D eigenvalue weighted by molar-refractivity contribution is 5.92. The second-order valence-electron chi connectivity index (χ2n) is 9.00. The third-order valence-electron chi connectivity index (χ3n) is 6.60. The van der Waals surface area contributed by atoms with Crippen molar-refractivity contribution in [3.8, 4) is 5.75 Å². The van der Waals surface area contributed by atoms with Gasteiger partial charge in [-0.1, -0.05) is 24.6 Å². The number of nitrogens with zero attached hydrogens (tertiary/aromatic N) is 3. The van der Waals surface area contributed by atoms with Crippen molar-refractivity contribution in [1.29, 1.82) is 0 Å². The van der Waals surface area contributed by atoms with Crippen LogP contribution < -0.4 is 10.1 Å². The Labute approximate surface area is 183 Å². The Balaban J connectivity index is 1.45. The lowest BCUT2D eigenvalue weighted by atomic mass is 9.73. The number of carbonyl (C=O) groups is 2. The van der Waals surface area contributed by atoms with Crippen molar-refractivity contribution < 1.29 is 14.3 Å². The molecule has 0 radical (unpaired) electrons. The summed E-state index contributed by atoms with van der Waals surface area (Å²) in [5.41, 5.74) is 1.27. The standard InChI is InChI=1S/C24H32N4O3/c1-18-16-31-21-9-4-3-7-19(21)8-5-6-10-24(23(30)26-18)11-13-28(14-12-24)22(29)20-15-27(2)17-25-20/h3-4,7,9,15,17-18H,5-6,8,10-14,16H2,1-2H3,(H,26,30)/t18-/m1/s1. The largest absolute Gasteiger partial charge is 0.491 e. The van der Waals surface area contributed by atoms with Crippen LogP contribution in [0.3, 0.4) is 0 Å². The minimum Gasteiger partial charge on any atom is -0.491 e. The Hall–Kier alpha value is -2.83. The number of benzene rings is 1. The number of hydrogen-bond donors (Lipinski definition) is 1. The molecule has 166 valence electrons. The van der Waals surface area contributed by atoms with Crippen LogP contribution in [0.25, 0.3) is 0 Å². The molecule has 2 amide bonds. The predicted molar refractivity (Wildman–Crippen MR) is 118 cm³/mol. The Morgan fingerprint density at radius 2 is 1.97 bits per heavy atom. The van der Waals surface area contributed by atoms with Crippen molar-refractivity contribution in [2.45, 2.75) is 51.5 Å². The number of likely N-dealkylation sites (tertiary alicyclic amines) is 1. The first-order valence-electron chi connectivity index (χ1n) is 11.3. The summed E-state index contributed by atoms with van der Waals surface area (Å²) in [6, 6.07) is 8.09. The lowest BCUT2D eigenvalue weighted by Gasteiger charge is -2.41. The summed E-state index contributed by atoms with van der Waals surface area (Å²) < 4.78 is 7.80. The second kappa shape index (κ2) is 9.12. The molecule has 2 aromatic rings. The minimum absolute atomic E-state index is 0.0533. The summed E-state index contributed by atoms with van der Waals surface area (Å²) in [5, 5.41) is 3.19. The molecule has 1 spiro atoms. The van der Waals surface area contributed by atoms with Crippen LogP contribution in [0.5, 0.6) is 5.75 Å². The Bertz CT molecular complexity index is 930. The molecule has 7 nitrogen and oxygen atoms in total. The third-order valence-corrected chi connectivity index (χ3v) is 6.60. The lowest BCUT2D eigenvalue weighted by Crippen LogP contribution is -2.52. The van der Waals surface area contributed by atoms with Crippen molar-refractivity contribution >= 4 is 11.8 Å². The number of rotatable bonds is 1. The number of fused-ring (bicyclic) bond motifs is 1. The molecule has 1 aromatic carbocycles. The highest BCUT2D eigenvalue weighted by Crippen LogP contribution is 2.38. The summed E-state index contributed by atoms with van der Waals surface area (Å²) in [6.45, 7) is 3.59. The molecule has 2 aliphatic heterocycles. The average Bonchev–Trinajstić information content (AvgIpc) is 3.21. The molecule has 0 bridgehead atoms. The number of aromatic nitrogens is 2. The van der Waals surface area contributed by atoms with E-state index in [-0.39, 0.29) is 17.9 Å². The number of nitrogens with one attached hydrogen (secondary N) is 1. The van der Waals surface area contributed by atoms with E-state index in [1.54, 1.807) is 17.1 Å². The maximum Gasteiger partial charge on any atom is 0.274 e. The number of imidazole rings is 1. The van der Waals surface area contributed by atoms with E-state index in [0.29, 0.717) is 38.2 Å². The molecule has 0 aliphatic carbocycles. The number of carbonyl (C=O) groups excluding carboxylic acids is 2. The lowest BCUT2D eigenvalue weighted by molar-refractivity contribution is -0.135. The molecule has 7 heteroatoms. The topological polar surface area (TPSA) is 76.5 Å². The van der Waals surface area contributed by atoms with E-state index in [9.17, 15) is 9.59 Å². The molecule has 1 aromatic heterocycles. The molecule has 1 fully saturated rings. The summed E-state index contributed by atoms with van der Waals surface area (Å²) in [4.78, 5) is 32.1. The summed E-state index contributed by atoms with van der Waals surface area (Å²) in [7, 11) is 1.85. The fourth-order valence-electron chi connectivity index (χ4n) is 4.68. The normalized spacial score (nSPS) is 21.9. The van der Waals surface area contributed by atoms with Crippen LogP contribution in [0, 0.1) is 5.41 Å². The molecule has 3 heterocycles. The Morgan fingerprint density at radius 1 is 1.19 bits per heavy atom. The number of piperidine rings is 1. The highest BCUT2D eigenvalue weighted by atomic mass is 16.5. The number of hydrogen-bond acceptors (Lipinski definition) is 4. The first kappa shape index (κ1) is 21.4. The van der Waals surface area contributed by atoms with Gasteiger partial charge in [0.05, 0.1) is 17.8 Å². The molecule has 2 aliphatic rings. The molecule has 1 saturated heterocycles. The zero-order valence-corrected chi connectivity index (χ0v) is 18.5. The van der Waals surface area contributed by atoms with Crippen LogP contribution in [-0.4, -0.2) is 52.0 Å². The Kier molecular flexibility index (Phi) is 6.30. The first-order valence-corrected chi connectivity index (χ1v) is 11.3. The van der Waals surface area contributed by atoms with Crippen molar-refractivity contribution in [2.24, 2.45) is 12.5 Å². The molecule has 31 heavy (non-hydrogen) atoms. The summed E-state index contributed by atoms with van der Waals surface area (Å²) in [5.74, 6) is 0.963. The SMILES string of the molecule is C[C@@H]1COc2ccccc2CCCCC2(CCN(C(=O)c3cn(C)cn3)CC2)C(=O)N1. The van der Waals surface area contributed by atoms with Gasteiger partial charge in [-0.3, -0.25) is 9.59 Å². The van der Waals surface area contributed by atoms with Crippen molar-refractivity contribution in [3.63, 3.8) is 0 Å². The summed E-state index contributed by atoms with van der Waals surface area (Å²) >= 11 is 0. The smallest absolute Gasteiger partial charge is 0.274 e. The fourth-order valence-corrected chi connectivity index (χ4v) is 4.68.